The van der Waals surface area contributed by atoms with Gasteiger partial charge in [-0.25, -0.2) is 18.7 Å². The molecule has 3 N–H and O–H groups in total. The Kier molecular flexibility index (Phi) is 11.9. The van der Waals surface area contributed by atoms with Gasteiger partial charge in [0.05, 0.1) is 6.20 Å². The molecule has 1 unspecified atom stereocenters. The van der Waals surface area contributed by atoms with Crippen molar-refractivity contribution in [3.63, 3.8) is 0 Å². The van der Waals surface area contributed by atoms with Gasteiger partial charge in [0, 0.05) is 67.2 Å². The molecule has 304 valence electrons. The fourth-order valence-corrected chi connectivity index (χ4v) is 9.12. The van der Waals surface area contributed by atoms with E-state index in [1.165, 1.54) is 22.9 Å². The molecule has 12 nitrogen and oxygen atoms in total. The van der Waals surface area contributed by atoms with Crippen molar-refractivity contribution in [2.24, 2.45) is 11.8 Å². The number of hydrogen-bond donors (Lipinski definition) is 3. The summed E-state index contributed by atoms with van der Waals surface area (Å²) in [4.78, 5) is 62.8. The van der Waals surface area contributed by atoms with Gasteiger partial charge in [-0.15, -0.1) is 0 Å². The lowest BCUT2D eigenvalue weighted by atomic mass is 9.84. The molecular formula is C44H50F2N8O4. The van der Waals surface area contributed by atoms with Crippen molar-refractivity contribution in [3.05, 3.63) is 101 Å². The molecule has 0 radical (unpaired) electrons. The minimum Gasteiger partial charge on any atom is -0.374 e. The van der Waals surface area contributed by atoms with Crippen LogP contribution in [-0.2, 0) is 14.4 Å². The second kappa shape index (κ2) is 17.6. The van der Waals surface area contributed by atoms with E-state index in [1.807, 2.05) is 12.1 Å². The number of halogens is 2. The van der Waals surface area contributed by atoms with E-state index in [0.29, 0.717) is 40.8 Å². The zero-order chi connectivity index (χ0) is 40.2. The molecule has 5 heterocycles. The average molecular weight is 793 g/mol. The number of benzene rings is 2. The quantitative estimate of drug-likeness (QED) is 0.168. The van der Waals surface area contributed by atoms with Crippen molar-refractivity contribution in [1.29, 1.82) is 0 Å². The van der Waals surface area contributed by atoms with Gasteiger partial charge >= 0.3 is 0 Å². The number of anilines is 2. The third kappa shape index (κ3) is 9.12. The summed E-state index contributed by atoms with van der Waals surface area (Å²) in [6.07, 6.45) is 10.3. The third-order valence-electron chi connectivity index (χ3n) is 12.4. The highest BCUT2D eigenvalue weighted by atomic mass is 19.1. The molecule has 0 spiro atoms. The summed E-state index contributed by atoms with van der Waals surface area (Å²) in [5.41, 5.74) is 2.38. The summed E-state index contributed by atoms with van der Waals surface area (Å²) >= 11 is 0. The maximum atomic E-state index is 15.2. The number of piperidine rings is 3. The highest BCUT2D eigenvalue weighted by Crippen LogP contribution is 2.34. The number of rotatable bonds is 10. The van der Waals surface area contributed by atoms with Crippen LogP contribution in [0.2, 0.25) is 0 Å². The van der Waals surface area contributed by atoms with Crippen LogP contribution in [-0.4, -0.2) is 86.9 Å². The van der Waals surface area contributed by atoms with Crippen LogP contribution >= 0.6 is 0 Å². The van der Waals surface area contributed by atoms with Gasteiger partial charge in [-0.2, -0.15) is 0 Å². The number of amides is 3. The molecule has 3 aliphatic heterocycles. The lowest BCUT2D eigenvalue weighted by Gasteiger charge is -2.39. The molecule has 3 amide bonds. The van der Waals surface area contributed by atoms with E-state index in [1.54, 1.807) is 42.6 Å². The number of aromatic nitrogens is 3. The zero-order valence-electron chi connectivity index (χ0n) is 32.5. The molecule has 4 aromatic rings. The molecule has 3 saturated heterocycles. The summed E-state index contributed by atoms with van der Waals surface area (Å²) in [6.45, 7) is 4.36. The van der Waals surface area contributed by atoms with Crippen molar-refractivity contribution < 1.29 is 23.2 Å². The van der Waals surface area contributed by atoms with Crippen LogP contribution in [0.3, 0.4) is 0 Å². The number of pyridine rings is 1. The zero-order valence-corrected chi connectivity index (χ0v) is 32.5. The summed E-state index contributed by atoms with van der Waals surface area (Å²) in [5.74, 6) is -0.233. The largest absolute Gasteiger partial charge is 0.374 e. The van der Waals surface area contributed by atoms with E-state index in [2.05, 4.69) is 35.7 Å². The molecule has 4 aliphatic rings. The van der Waals surface area contributed by atoms with Gasteiger partial charge in [0.1, 0.15) is 17.6 Å². The normalized spacial score (nSPS) is 22.4. The topological polar surface area (TPSA) is 142 Å². The molecule has 1 atom stereocenters. The van der Waals surface area contributed by atoms with Crippen LogP contribution in [0, 0.1) is 23.5 Å². The van der Waals surface area contributed by atoms with Gasteiger partial charge in [-0.05, 0) is 119 Å². The van der Waals surface area contributed by atoms with Gasteiger partial charge in [0.15, 0.2) is 5.82 Å². The maximum absolute atomic E-state index is 15.2. The van der Waals surface area contributed by atoms with Crippen LogP contribution in [0.25, 0.3) is 16.9 Å². The van der Waals surface area contributed by atoms with E-state index in [0.717, 1.165) is 84.1 Å². The minimum absolute atomic E-state index is 0.00914. The van der Waals surface area contributed by atoms with Crippen molar-refractivity contribution in [2.75, 3.05) is 43.4 Å². The molecular weight excluding hydrogens is 743 g/mol. The number of imide groups is 1. The summed E-state index contributed by atoms with van der Waals surface area (Å²) in [6, 6.07) is 16.6. The Labute approximate surface area is 336 Å². The molecule has 14 heteroatoms. The van der Waals surface area contributed by atoms with E-state index in [4.69, 9.17) is 0 Å². The minimum atomic E-state index is -0.551. The molecule has 58 heavy (non-hydrogen) atoms. The summed E-state index contributed by atoms with van der Waals surface area (Å²) in [7, 11) is 0. The molecule has 0 bridgehead atoms. The highest BCUT2D eigenvalue weighted by Gasteiger charge is 2.33. The van der Waals surface area contributed by atoms with Gasteiger partial charge in [-0.1, -0.05) is 24.3 Å². The number of nitrogens with zero attached hydrogens (tertiary/aromatic N) is 5. The Morgan fingerprint density at radius 2 is 1.60 bits per heavy atom. The first-order valence-electron chi connectivity index (χ1n) is 20.6. The number of carbonyl (C=O) groups is 3. The van der Waals surface area contributed by atoms with E-state index in [9.17, 15) is 23.6 Å². The van der Waals surface area contributed by atoms with Gasteiger partial charge in [0.25, 0.3) is 5.56 Å². The SMILES string of the molecule is O=C1CCC(Nc2ccc(C3CCN(CC4CCN(C(=O)C5CCC(Nc6ncc(F)c(-c7cccc(-n8ccccc8=O)c7)n6)CC5)CC4)CC3)c(F)c2)C(=O)N1. The first-order valence-corrected chi connectivity index (χ1v) is 20.6. The average Bonchev–Trinajstić information content (AvgIpc) is 3.23. The van der Waals surface area contributed by atoms with E-state index >= 15 is 4.39 Å². The second-order valence-electron chi connectivity index (χ2n) is 16.3. The Bertz CT molecular complexity index is 2190. The maximum Gasteiger partial charge on any atom is 0.255 e. The summed E-state index contributed by atoms with van der Waals surface area (Å²) < 4.78 is 31.7. The predicted molar refractivity (Wildman–Crippen MR) is 216 cm³/mol. The van der Waals surface area contributed by atoms with Crippen molar-refractivity contribution in [2.45, 2.75) is 82.2 Å². The van der Waals surface area contributed by atoms with Crippen LogP contribution in [0.1, 0.15) is 75.7 Å². The number of nitrogens with one attached hydrogen (secondary N) is 3. The molecule has 2 aromatic heterocycles. The van der Waals surface area contributed by atoms with Crippen molar-refractivity contribution >= 4 is 29.4 Å². The first-order chi connectivity index (χ1) is 28.2. The fraction of sp³-hybridized carbons (Fsp3) is 0.455. The number of likely N-dealkylation sites (tertiary alicyclic amines) is 2. The first kappa shape index (κ1) is 39.3. The van der Waals surface area contributed by atoms with E-state index in [-0.39, 0.29) is 59.1 Å². The van der Waals surface area contributed by atoms with Crippen LogP contribution in [0.5, 0.6) is 0 Å². The number of hydrogen-bond acceptors (Lipinski definition) is 9. The third-order valence-corrected chi connectivity index (χ3v) is 12.4. The smallest absolute Gasteiger partial charge is 0.255 e. The van der Waals surface area contributed by atoms with Crippen LogP contribution < -0.4 is 21.5 Å². The van der Waals surface area contributed by atoms with Crippen molar-refractivity contribution in [3.8, 4) is 16.9 Å². The predicted octanol–water partition coefficient (Wildman–Crippen LogP) is 5.88. The summed E-state index contributed by atoms with van der Waals surface area (Å²) in [5, 5.41) is 8.77. The monoisotopic (exact) mass is 792 g/mol. The molecule has 4 fully saturated rings. The van der Waals surface area contributed by atoms with E-state index < -0.39 is 11.9 Å². The Morgan fingerprint density at radius 1 is 0.810 bits per heavy atom. The van der Waals surface area contributed by atoms with Gasteiger partial charge < -0.3 is 20.4 Å². The highest BCUT2D eigenvalue weighted by molar-refractivity contribution is 6.01. The second-order valence-corrected chi connectivity index (χ2v) is 16.3. The lowest BCUT2D eigenvalue weighted by Crippen LogP contribution is -2.47. The van der Waals surface area contributed by atoms with Gasteiger partial charge in [0.2, 0.25) is 23.7 Å². The lowest BCUT2D eigenvalue weighted by molar-refractivity contribution is -0.138. The van der Waals surface area contributed by atoms with Crippen LogP contribution in [0.4, 0.5) is 20.4 Å². The Morgan fingerprint density at radius 3 is 2.34 bits per heavy atom. The Hall–Kier alpha value is -5.50. The Balaban J connectivity index is 0.761. The molecule has 1 aliphatic carbocycles. The molecule has 8 rings (SSSR count). The number of carbonyl (C=O) groups excluding carboxylic acids is 3. The van der Waals surface area contributed by atoms with Crippen LogP contribution in [0.15, 0.2) is 77.9 Å². The van der Waals surface area contributed by atoms with Crippen molar-refractivity contribution in [1.82, 2.24) is 29.7 Å². The standard InChI is InChI=1S/C44H50F2N8O4/c45-36-25-33(48-38-13-14-39(55)50-42(38)57)11-12-35(36)29-17-20-52(21-18-29)27-28-15-22-53(23-16-28)43(58)30-7-9-32(10-8-30)49-44-47-26-37(46)41(51-44)31-4-3-5-34(24-31)54-19-2-1-6-40(54)56/h1-6,11-12,19,24-26,28-30,32,38,48H,7-10,13-18,20-23,27H2,(H,47,49,51)(H,50,55,57). The fourth-order valence-electron chi connectivity index (χ4n) is 9.12. The molecule has 2 aromatic carbocycles. The molecule has 1 saturated carbocycles. The van der Waals surface area contributed by atoms with Gasteiger partial charge in [-0.3, -0.25) is 29.1 Å².